The lowest BCUT2D eigenvalue weighted by atomic mass is 10.1. The van der Waals surface area contributed by atoms with Crippen molar-refractivity contribution in [2.45, 2.75) is 0 Å². The normalized spacial score (nSPS) is 10.8. The van der Waals surface area contributed by atoms with E-state index >= 15 is 0 Å². The number of hydrogen-bond donors (Lipinski definition) is 1. The van der Waals surface area contributed by atoms with Crippen LogP contribution in [-0.2, 0) is 0 Å². The molecular weight excluding hydrogens is 200 g/mol. The molecule has 0 aliphatic heterocycles. The molecule has 2 heterocycles. The molecule has 1 N–H and O–H groups in total. The number of carbonyl (C=O) groups excluding carboxylic acids is 1. The lowest BCUT2D eigenvalue weighted by Crippen LogP contribution is -2.08. The van der Waals surface area contributed by atoms with Gasteiger partial charge in [-0.05, 0) is 18.2 Å². The maximum atomic E-state index is 12.1. The smallest absolute Gasteiger partial charge is 0.264 e. The zero-order chi connectivity index (χ0) is 11.0. The van der Waals surface area contributed by atoms with Crippen molar-refractivity contribution in [3.8, 4) is 0 Å². The number of aromatic nitrogens is 2. The quantitative estimate of drug-likeness (QED) is 0.658. The Morgan fingerprint density at radius 1 is 1.06 bits per heavy atom. The Bertz CT molecular complexity index is 635. The minimum absolute atomic E-state index is 0.0116. The number of nitrogens with one attached hydrogen (secondary N) is 1. The van der Waals surface area contributed by atoms with Crippen LogP contribution in [0, 0.1) is 0 Å². The summed E-state index contributed by atoms with van der Waals surface area (Å²) in [6, 6.07) is 11.5. The monoisotopic (exact) mass is 210 g/mol. The van der Waals surface area contributed by atoms with Crippen LogP contribution in [-0.4, -0.2) is 15.5 Å². The summed E-state index contributed by atoms with van der Waals surface area (Å²) in [5.74, 6) is -0.0116. The van der Waals surface area contributed by atoms with Gasteiger partial charge in [-0.2, -0.15) is 0 Å². The Labute approximate surface area is 92.3 Å². The molecule has 0 aliphatic rings. The summed E-state index contributed by atoms with van der Waals surface area (Å²) in [5, 5.41) is 0.959. The van der Waals surface area contributed by atoms with Crippen LogP contribution in [0.3, 0.4) is 0 Å². The SMILES string of the molecule is O=C(c1c[nH]c2ccccc12)n1cccc1. The van der Waals surface area contributed by atoms with Crippen LogP contribution < -0.4 is 0 Å². The van der Waals surface area contributed by atoms with Gasteiger partial charge < -0.3 is 4.98 Å². The van der Waals surface area contributed by atoms with Gasteiger partial charge in [0.25, 0.3) is 5.91 Å². The highest BCUT2D eigenvalue weighted by atomic mass is 16.2. The number of carbonyl (C=O) groups is 1. The second kappa shape index (κ2) is 3.38. The second-order valence-corrected chi connectivity index (χ2v) is 3.64. The van der Waals surface area contributed by atoms with E-state index < -0.39 is 0 Å². The van der Waals surface area contributed by atoms with Crippen molar-refractivity contribution in [2.24, 2.45) is 0 Å². The molecule has 0 fully saturated rings. The number of aromatic amines is 1. The van der Waals surface area contributed by atoms with Gasteiger partial charge in [-0.25, -0.2) is 0 Å². The third-order valence-electron chi connectivity index (χ3n) is 2.66. The number of para-hydroxylation sites is 1. The molecule has 0 bridgehead atoms. The standard InChI is InChI=1S/C13H10N2O/c16-13(15-7-3-4-8-15)11-9-14-12-6-2-1-5-10(11)12/h1-9,14H. The number of benzene rings is 1. The van der Waals surface area contributed by atoms with Gasteiger partial charge in [-0.3, -0.25) is 9.36 Å². The first-order valence-electron chi connectivity index (χ1n) is 5.10. The van der Waals surface area contributed by atoms with Crippen molar-refractivity contribution >= 4 is 16.8 Å². The topological polar surface area (TPSA) is 37.8 Å². The summed E-state index contributed by atoms with van der Waals surface area (Å²) in [4.78, 5) is 15.2. The van der Waals surface area contributed by atoms with Gasteiger partial charge in [0.1, 0.15) is 0 Å². The van der Waals surface area contributed by atoms with E-state index in [1.807, 2.05) is 36.4 Å². The Kier molecular flexibility index (Phi) is 1.90. The molecule has 1 aromatic carbocycles. The summed E-state index contributed by atoms with van der Waals surface area (Å²) >= 11 is 0. The lowest BCUT2D eigenvalue weighted by Gasteiger charge is -1.99. The average Bonchev–Trinajstić information content (AvgIpc) is 2.98. The molecule has 0 spiro atoms. The number of hydrogen-bond acceptors (Lipinski definition) is 1. The highest BCUT2D eigenvalue weighted by Crippen LogP contribution is 2.18. The first kappa shape index (κ1) is 8.97. The molecule has 16 heavy (non-hydrogen) atoms. The molecule has 78 valence electrons. The molecule has 0 aliphatic carbocycles. The molecule has 0 radical (unpaired) electrons. The minimum atomic E-state index is -0.0116. The molecule has 0 unspecified atom stereocenters. The molecular formula is C13H10N2O. The first-order valence-corrected chi connectivity index (χ1v) is 5.10. The Morgan fingerprint density at radius 2 is 1.81 bits per heavy atom. The average molecular weight is 210 g/mol. The zero-order valence-electron chi connectivity index (χ0n) is 8.55. The van der Waals surface area contributed by atoms with Gasteiger partial charge in [0.15, 0.2) is 0 Å². The third-order valence-corrected chi connectivity index (χ3v) is 2.66. The van der Waals surface area contributed by atoms with Gasteiger partial charge in [-0.15, -0.1) is 0 Å². The van der Waals surface area contributed by atoms with Crippen molar-refractivity contribution < 1.29 is 4.79 Å². The van der Waals surface area contributed by atoms with Crippen LogP contribution in [0.25, 0.3) is 10.9 Å². The fourth-order valence-corrected chi connectivity index (χ4v) is 1.86. The summed E-state index contributed by atoms with van der Waals surface area (Å²) < 4.78 is 1.58. The van der Waals surface area contributed by atoms with Crippen LogP contribution in [0.1, 0.15) is 10.4 Å². The summed E-state index contributed by atoms with van der Waals surface area (Å²) in [6.45, 7) is 0. The van der Waals surface area contributed by atoms with Gasteiger partial charge in [0.05, 0.1) is 5.56 Å². The predicted octanol–water partition coefficient (Wildman–Crippen LogP) is 2.66. The first-order chi connectivity index (χ1) is 7.86. The van der Waals surface area contributed by atoms with Crippen LogP contribution in [0.5, 0.6) is 0 Å². The fourth-order valence-electron chi connectivity index (χ4n) is 1.86. The second-order valence-electron chi connectivity index (χ2n) is 3.64. The number of fused-ring (bicyclic) bond motifs is 1. The van der Waals surface area contributed by atoms with E-state index in [0.29, 0.717) is 5.56 Å². The number of rotatable bonds is 1. The third kappa shape index (κ3) is 1.26. The van der Waals surface area contributed by atoms with Crippen LogP contribution in [0.15, 0.2) is 55.0 Å². The van der Waals surface area contributed by atoms with E-state index in [-0.39, 0.29) is 5.91 Å². The molecule has 3 aromatic rings. The zero-order valence-corrected chi connectivity index (χ0v) is 8.55. The van der Waals surface area contributed by atoms with Gasteiger partial charge in [0, 0.05) is 29.5 Å². The summed E-state index contributed by atoms with van der Waals surface area (Å²) in [7, 11) is 0. The van der Waals surface area contributed by atoms with E-state index in [2.05, 4.69) is 4.98 Å². The fraction of sp³-hybridized carbons (Fsp3) is 0. The molecule has 0 saturated carbocycles. The number of H-pyrrole nitrogens is 1. The molecule has 0 amide bonds. The Hall–Kier alpha value is -2.29. The van der Waals surface area contributed by atoms with Crippen LogP contribution in [0.4, 0.5) is 0 Å². The predicted molar refractivity (Wildman–Crippen MR) is 62.5 cm³/mol. The lowest BCUT2D eigenvalue weighted by molar-refractivity contribution is 0.0962. The number of nitrogens with zero attached hydrogens (tertiary/aromatic N) is 1. The molecule has 0 atom stereocenters. The van der Waals surface area contributed by atoms with Crippen LogP contribution >= 0.6 is 0 Å². The molecule has 2 aromatic heterocycles. The van der Waals surface area contributed by atoms with E-state index in [9.17, 15) is 4.79 Å². The van der Waals surface area contributed by atoms with Gasteiger partial charge in [0.2, 0.25) is 0 Å². The van der Waals surface area contributed by atoms with E-state index in [4.69, 9.17) is 0 Å². The highest BCUT2D eigenvalue weighted by molar-refractivity contribution is 6.07. The van der Waals surface area contributed by atoms with Crippen molar-refractivity contribution in [2.75, 3.05) is 0 Å². The Morgan fingerprint density at radius 3 is 2.62 bits per heavy atom. The molecule has 3 rings (SSSR count). The van der Waals surface area contributed by atoms with E-state index in [1.165, 1.54) is 0 Å². The van der Waals surface area contributed by atoms with Crippen LogP contribution in [0.2, 0.25) is 0 Å². The van der Waals surface area contributed by atoms with Crippen molar-refractivity contribution in [3.05, 3.63) is 60.6 Å². The molecule has 0 saturated heterocycles. The summed E-state index contributed by atoms with van der Waals surface area (Å²) in [6.07, 6.45) is 5.27. The van der Waals surface area contributed by atoms with Gasteiger partial charge >= 0.3 is 0 Å². The largest absolute Gasteiger partial charge is 0.360 e. The maximum Gasteiger partial charge on any atom is 0.264 e. The van der Waals surface area contributed by atoms with Crippen molar-refractivity contribution in [3.63, 3.8) is 0 Å². The Balaban J connectivity index is 2.16. The highest BCUT2D eigenvalue weighted by Gasteiger charge is 2.12. The van der Waals surface area contributed by atoms with Crippen molar-refractivity contribution in [1.29, 1.82) is 0 Å². The van der Waals surface area contributed by atoms with Gasteiger partial charge in [-0.1, -0.05) is 18.2 Å². The minimum Gasteiger partial charge on any atom is -0.360 e. The van der Waals surface area contributed by atoms with E-state index in [0.717, 1.165) is 10.9 Å². The molecule has 3 heteroatoms. The van der Waals surface area contributed by atoms with Crippen molar-refractivity contribution in [1.82, 2.24) is 9.55 Å². The maximum absolute atomic E-state index is 12.1. The van der Waals surface area contributed by atoms with E-state index in [1.54, 1.807) is 23.2 Å². The molecule has 3 nitrogen and oxygen atoms in total. The summed E-state index contributed by atoms with van der Waals surface area (Å²) in [5.41, 5.74) is 1.69.